The van der Waals surface area contributed by atoms with Gasteiger partial charge in [0.2, 0.25) is 0 Å². The summed E-state index contributed by atoms with van der Waals surface area (Å²) in [6.45, 7) is 1.85. The van der Waals surface area contributed by atoms with E-state index in [1.807, 2.05) is 18.5 Å². The number of hydrogen-bond donors (Lipinski definition) is 1. The first kappa shape index (κ1) is 11.4. The summed E-state index contributed by atoms with van der Waals surface area (Å²) < 4.78 is 15.0. The smallest absolute Gasteiger partial charge is 0.328 e. The summed E-state index contributed by atoms with van der Waals surface area (Å²) in [5.41, 5.74) is 2.53. The summed E-state index contributed by atoms with van der Waals surface area (Å²) in [5, 5.41) is 9.42. The van der Waals surface area contributed by atoms with E-state index in [0.717, 1.165) is 28.2 Å². The van der Waals surface area contributed by atoms with Crippen LogP contribution in [0.1, 0.15) is 11.3 Å². The summed E-state index contributed by atoms with van der Waals surface area (Å²) in [6, 6.07) is 4.55. The van der Waals surface area contributed by atoms with E-state index in [-0.39, 0.29) is 5.82 Å². The number of nitrogens with zero attached hydrogens (tertiary/aromatic N) is 1. The summed E-state index contributed by atoms with van der Waals surface area (Å²) >= 11 is 0. The Balaban J connectivity index is 2.68. The van der Waals surface area contributed by atoms with Gasteiger partial charge in [-0.15, -0.1) is 0 Å². The van der Waals surface area contributed by atoms with E-state index in [1.165, 1.54) is 18.2 Å². The molecule has 0 aliphatic heterocycles. The van der Waals surface area contributed by atoms with E-state index >= 15 is 0 Å². The monoisotopic (exact) mass is 233 g/mol. The Bertz CT molecular complexity index is 626. The third-order valence-electron chi connectivity index (χ3n) is 2.85. The number of aliphatic carboxylic acids is 1. The van der Waals surface area contributed by atoms with Crippen LogP contribution in [0.5, 0.6) is 0 Å². The molecule has 17 heavy (non-hydrogen) atoms. The van der Waals surface area contributed by atoms with E-state index < -0.39 is 5.97 Å². The first-order valence-corrected chi connectivity index (χ1v) is 5.16. The van der Waals surface area contributed by atoms with E-state index in [1.54, 1.807) is 6.07 Å². The molecular weight excluding hydrogens is 221 g/mol. The molecule has 1 aromatic carbocycles. The Kier molecular flexibility index (Phi) is 2.71. The Morgan fingerprint density at radius 2 is 2.18 bits per heavy atom. The second kappa shape index (κ2) is 4.05. The Labute approximate surface area is 97.8 Å². The van der Waals surface area contributed by atoms with Gasteiger partial charge in [0.1, 0.15) is 5.82 Å². The van der Waals surface area contributed by atoms with Gasteiger partial charge in [0, 0.05) is 29.7 Å². The lowest BCUT2D eigenvalue weighted by Crippen LogP contribution is -1.93. The molecule has 0 saturated heterocycles. The molecule has 2 aromatic rings. The largest absolute Gasteiger partial charge is 0.478 e. The van der Waals surface area contributed by atoms with Crippen molar-refractivity contribution in [1.29, 1.82) is 0 Å². The van der Waals surface area contributed by atoms with Gasteiger partial charge >= 0.3 is 5.97 Å². The van der Waals surface area contributed by atoms with Crippen LogP contribution in [0.25, 0.3) is 17.0 Å². The molecule has 1 heterocycles. The van der Waals surface area contributed by atoms with Crippen molar-refractivity contribution in [2.24, 2.45) is 7.05 Å². The number of carboxylic acids is 1. The first-order valence-electron chi connectivity index (χ1n) is 5.16. The SMILES string of the molecule is Cc1c(/C=C/C(=O)O)n(C)c2ccc(F)cc12. The van der Waals surface area contributed by atoms with Gasteiger partial charge in [0.15, 0.2) is 0 Å². The van der Waals surface area contributed by atoms with Crippen molar-refractivity contribution in [3.8, 4) is 0 Å². The number of rotatable bonds is 2. The lowest BCUT2D eigenvalue weighted by molar-refractivity contribution is -0.131. The minimum Gasteiger partial charge on any atom is -0.478 e. The van der Waals surface area contributed by atoms with Crippen LogP contribution < -0.4 is 0 Å². The summed E-state index contributed by atoms with van der Waals surface area (Å²) in [5.74, 6) is -1.29. The highest BCUT2D eigenvalue weighted by Gasteiger charge is 2.10. The van der Waals surface area contributed by atoms with Crippen LogP contribution in [0, 0.1) is 12.7 Å². The van der Waals surface area contributed by atoms with Crippen LogP contribution in [-0.2, 0) is 11.8 Å². The number of halogens is 1. The van der Waals surface area contributed by atoms with Crippen molar-refractivity contribution in [2.45, 2.75) is 6.92 Å². The zero-order valence-corrected chi connectivity index (χ0v) is 9.57. The molecule has 0 unspecified atom stereocenters. The molecule has 1 N–H and O–H groups in total. The molecule has 88 valence electrons. The fourth-order valence-electron chi connectivity index (χ4n) is 2.01. The molecular formula is C13H12FNO2. The van der Waals surface area contributed by atoms with Crippen LogP contribution in [-0.4, -0.2) is 15.6 Å². The van der Waals surface area contributed by atoms with Crippen LogP contribution in [0.4, 0.5) is 4.39 Å². The predicted octanol–water partition coefficient (Wildman–Crippen LogP) is 2.72. The van der Waals surface area contributed by atoms with Crippen molar-refractivity contribution < 1.29 is 14.3 Å². The maximum Gasteiger partial charge on any atom is 0.328 e. The Morgan fingerprint density at radius 1 is 1.47 bits per heavy atom. The molecule has 4 heteroatoms. The maximum absolute atomic E-state index is 13.2. The molecule has 0 saturated carbocycles. The van der Waals surface area contributed by atoms with Gasteiger partial charge in [-0.3, -0.25) is 0 Å². The number of aromatic nitrogens is 1. The molecule has 3 nitrogen and oxygen atoms in total. The summed E-state index contributed by atoms with van der Waals surface area (Å²) in [4.78, 5) is 10.5. The lowest BCUT2D eigenvalue weighted by atomic mass is 10.1. The topological polar surface area (TPSA) is 42.2 Å². The standard InChI is InChI=1S/C13H12FNO2/c1-8-10-7-9(14)3-4-12(10)15(2)11(8)5-6-13(16)17/h3-7H,1-2H3,(H,16,17)/b6-5+. The average molecular weight is 233 g/mol. The minimum atomic E-state index is -0.999. The van der Waals surface area contributed by atoms with Crippen molar-refractivity contribution in [2.75, 3.05) is 0 Å². The number of fused-ring (bicyclic) bond motifs is 1. The summed E-state index contributed by atoms with van der Waals surface area (Å²) in [7, 11) is 1.83. The fraction of sp³-hybridized carbons (Fsp3) is 0.154. The number of carboxylic acid groups (broad SMARTS) is 1. The lowest BCUT2D eigenvalue weighted by Gasteiger charge is -1.99. The van der Waals surface area contributed by atoms with E-state index in [4.69, 9.17) is 5.11 Å². The zero-order chi connectivity index (χ0) is 12.6. The van der Waals surface area contributed by atoms with E-state index in [0.29, 0.717) is 0 Å². The first-order chi connectivity index (χ1) is 8.00. The van der Waals surface area contributed by atoms with Crippen LogP contribution in [0.15, 0.2) is 24.3 Å². The molecule has 0 bridgehead atoms. The maximum atomic E-state index is 13.2. The molecule has 0 aliphatic carbocycles. The van der Waals surface area contributed by atoms with Gasteiger partial charge in [0.25, 0.3) is 0 Å². The highest BCUT2D eigenvalue weighted by Crippen LogP contribution is 2.26. The van der Waals surface area contributed by atoms with Gasteiger partial charge in [-0.05, 0) is 36.8 Å². The second-order valence-corrected chi connectivity index (χ2v) is 3.90. The quantitative estimate of drug-likeness (QED) is 0.810. The van der Waals surface area contributed by atoms with Crippen molar-refractivity contribution in [3.63, 3.8) is 0 Å². The van der Waals surface area contributed by atoms with Crippen LogP contribution in [0.2, 0.25) is 0 Å². The predicted molar refractivity (Wildman–Crippen MR) is 64.3 cm³/mol. The number of benzene rings is 1. The van der Waals surface area contributed by atoms with Gasteiger partial charge in [-0.2, -0.15) is 0 Å². The minimum absolute atomic E-state index is 0.292. The third kappa shape index (κ3) is 1.93. The molecule has 0 spiro atoms. The normalized spacial score (nSPS) is 11.5. The molecule has 0 fully saturated rings. The second-order valence-electron chi connectivity index (χ2n) is 3.90. The molecule has 2 rings (SSSR count). The molecule has 0 aliphatic rings. The zero-order valence-electron chi connectivity index (χ0n) is 9.57. The molecule has 0 radical (unpaired) electrons. The van der Waals surface area contributed by atoms with Crippen LogP contribution >= 0.6 is 0 Å². The average Bonchev–Trinajstić information content (AvgIpc) is 2.49. The van der Waals surface area contributed by atoms with Crippen molar-refractivity contribution >= 4 is 22.9 Å². The van der Waals surface area contributed by atoms with Crippen molar-refractivity contribution in [1.82, 2.24) is 4.57 Å². The highest BCUT2D eigenvalue weighted by atomic mass is 19.1. The van der Waals surface area contributed by atoms with Gasteiger partial charge in [0.05, 0.1) is 0 Å². The number of carbonyl (C=O) groups is 1. The number of aryl methyl sites for hydroxylation is 2. The Morgan fingerprint density at radius 3 is 2.82 bits per heavy atom. The molecule has 1 aromatic heterocycles. The van der Waals surface area contributed by atoms with Gasteiger partial charge in [-0.1, -0.05) is 0 Å². The van der Waals surface area contributed by atoms with E-state index in [9.17, 15) is 9.18 Å². The van der Waals surface area contributed by atoms with E-state index in [2.05, 4.69) is 0 Å². The Hall–Kier alpha value is -2.10. The molecule has 0 amide bonds. The van der Waals surface area contributed by atoms with Crippen LogP contribution in [0.3, 0.4) is 0 Å². The number of hydrogen-bond acceptors (Lipinski definition) is 1. The van der Waals surface area contributed by atoms with Crippen molar-refractivity contribution in [3.05, 3.63) is 41.3 Å². The third-order valence-corrected chi connectivity index (χ3v) is 2.85. The molecule has 0 atom stereocenters. The van der Waals surface area contributed by atoms with Gasteiger partial charge in [-0.25, -0.2) is 9.18 Å². The highest BCUT2D eigenvalue weighted by molar-refractivity contribution is 5.91. The van der Waals surface area contributed by atoms with Gasteiger partial charge < -0.3 is 9.67 Å². The fourth-order valence-corrected chi connectivity index (χ4v) is 2.01. The summed E-state index contributed by atoms with van der Waals surface area (Å²) in [6.07, 6.45) is 2.60.